The molecule has 7 heteroatoms. The van der Waals surface area contributed by atoms with Gasteiger partial charge in [0, 0.05) is 25.6 Å². The number of hydrogen-bond acceptors (Lipinski definition) is 4. The van der Waals surface area contributed by atoms with Gasteiger partial charge in [0.1, 0.15) is 5.82 Å². The number of carboxylic acid groups (broad SMARTS) is 1. The van der Waals surface area contributed by atoms with Gasteiger partial charge in [-0.25, -0.2) is 4.39 Å². The van der Waals surface area contributed by atoms with Gasteiger partial charge in [-0.15, -0.1) is 0 Å². The van der Waals surface area contributed by atoms with Crippen LogP contribution in [0.15, 0.2) is 18.2 Å². The molecule has 0 aromatic heterocycles. The number of carboxylic acids is 1. The summed E-state index contributed by atoms with van der Waals surface area (Å²) >= 11 is 0. The Labute approximate surface area is 121 Å². The minimum Gasteiger partial charge on any atom is -0.481 e. The van der Waals surface area contributed by atoms with Crippen molar-refractivity contribution in [3.8, 4) is 0 Å². The first-order valence-electron chi connectivity index (χ1n) is 6.82. The monoisotopic (exact) mass is 296 g/mol. The van der Waals surface area contributed by atoms with Crippen molar-refractivity contribution in [2.45, 2.75) is 25.8 Å². The maximum Gasteiger partial charge on any atom is 0.303 e. The minimum atomic E-state index is -0.797. The van der Waals surface area contributed by atoms with E-state index in [0.717, 1.165) is 25.6 Å². The smallest absolute Gasteiger partial charge is 0.303 e. The molecule has 0 aliphatic carbocycles. The number of likely N-dealkylation sites (tertiary alicyclic amines) is 1. The number of halogens is 1. The molecule has 1 fully saturated rings. The molecule has 2 rings (SSSR count). The molecule has 0 bridgehead atoms. The summed E-state index contributed by atoms with van der Waals surface area (Å²) in [6.45, 7) is 1.99. The molecule has 114 valence electrons. The summed E-state index contributed by atoms with van der Waals surface area (Å²) in [5.41, 5.74) is 0.326. The van der Waals surface area contributed by atoms with Gasteiger partial charge in [-0.05, 0) is 36.9 Å². The van der Waals surface area contributed by atoms with Crippen LogP contribution >= 0.6 is 0 Å². The molecule has 1 unspecified atom stereocenters. The summed E-state index contributed by atoms with van der Waals surface area (Å²) in [6.07, 6.45) is 1.70. The van der Waals surface area contributed by atoms with Crippen molar-refractivity contribution in [2.75, 3.05) is 13.1 Å². The van der Waals surface area contributed by atoms with Gasteiger partial charge in [0.2, 0.25) is 0 Å². The maximum absolute atomic E-state index is 13.4. The average Bonchev–Trinajstić information content (AvgIpc) is 2.83. The molecular weight excluding hydrogens is 279 g/mol. The predicted molar refractivity (Wildman–Crippen MR) is 73.3 cm³/mol. The zero-order valence-corrected chi connectivity index (χ0v) is 11.5. The molecule has 1 saturated heterocycles. The lowest BCUT2D eigenvalue weighted by Gasteiger charge is -2.16. The summed E-state index contributed by atoms with van der Waals surface area (Å²) in [4.78, 5) is 22.7. The van der Waals surface area contributed by atoms with Crippen molar-refractivity contribution >= 4 is 11.7 Å². The first-order chi connectivity index (χ1) is 9.94. The Morgan fingerprint density at radius 1 is 1.48 bits per heavy atom. The van der Waals surface area contributed by atoms with E-state index < -0.39 is 16.7 Å². The Balaban J connectivity index is 1.94. The number of benzene rings is 1. The van der Waals surface area contributed by atoms with Gasteiger partial charge in [-0.1, -0.05) is 0 Å². The molecule has 0 amide bonds. The summed E-state index contributed by atoms with van der Waals surface area (Å²) in [7, 11) is 0. The van der Waals surface area contributed by atoms with Gasteiger partial charge in [0.15, 0.2) is 0 Å². The average molecular weight is 296 g/mol. The van der Waals surface area contributed by atoms with E-state index in [9.17, 15) is 19.3 Å². The molecule has 1 heterocycles. The van der Waals surface area contributed by atoms with Crippen LogP contribution in [0.5, 0.6) is 0 Å². The molecule has 0 saturated carbocycles. The van der Waals surface area contributed by atoms with Crippen LogP contribution in [-0.2, 0) is 11.3 Å². The maximum atomic E-state index is 13.4. The quantitative estimate of drug-likeness (QED) is 0.644. The summed E-state index contributed by atoms with van der Waals surface area (Å²) < 4.78 is 13.4. The number of nitro groups is 1. The van der Waals surface area contributed by atoms with Gasteiger partial charge in [-0.2, -0.15) is 0 Å². The van der Waals surface area contributed by atoms with Gasteiger partial charge in [0.05, 0.1) is 11.0 Å². The van der Waals surface area contributed by atoms with Crippen molar-refractivity contribution in [1.29, 1.82) is 0 Å². The highest BCUT2D eigenvalue weighted by atomic mass is 19.1. The first kappa shape index (κ1) is 15.4. The van der Waals surface area contributed by atoms with Crippen LogP contribution < -0.4 is 0 Å². The van der Waals surface area contributed by atoms with Gasteiger partial charge >= 0.3 is 5.97 Å². The van der Waals surface area contributed by atoms with Crippen molar-refractivity contribution in [3.63, 3.8) is 0 Å². The van der Waals surface area contributed by atoms with E-state index in [0.29, 0.717) is 24.4 Å². The zero-order chi connectivity index (χ0) is 15.4. The van der Waals surface area contributed by atoms with Crippen LogP contribution in [0.3, 0.4) is 0 Å². The number of rotatable bonds is 6. The molecule has 0 radical (unpaired) electrons. The fourth-order valence-corrected chi connectivity index (χ4v) is 2.71. The molecular formula is C14H17FN2O4. The fraction of sp³-hybridized carbons (Fsp3) is 0.500. The molecule has 1 aliphatic rings. The lowest BCUT2D eigenvalue weighted by Crippen LogP contribution is -2.20. The van der Waals surface area contributed by atoms with Gasteiger partial charge in [0.25, 0.3) is 5.69 Å². The highest BCUT2D eigenvalue weighted by molar-refractivity contribution is 5.66. The Morgan fingerprint density at radius 2 is 2.24 bits per heavy atom. The van der Waals surface area contributed by atoms with E-state index in [2.05, 4.69) is 4.90 Å². The van der Waals surface area contributed by atoms with Crippen molar-refractivity contribution in [1.82, 2.24) is 4.90 Å². The number of hydrogen-bond donors (Lipinski definition) is 1. The zero-order valence-electron chi connectivity index (χ0n) is 11.5. The largest absolute Gasteiger partial charge is 0.481 e. The van der Waals surface area contributed by atoms with Gasteiger partial charge < -0.3 is 5.11 Å². The molecule has 1 aromatic rings. The summed E-state index contributed by atoms with van der Waals surface area (Å²) in [6, 6.07) is 3.59. The second-order valence-electron chi connectivity index (χ2n) is 5.40. The molecule has 1 aromatic carbocycles. The standard InChI is InChI=1S/C14H17FN2O4/c15-12-5-11(6-13(7-12)17(20)21)9-16-4-3-10(8-16)1-2-14(18)19/h5-7,10H,1-4,8-9H2,(H,18,19). The van der Waals surface area contributed by atoms with Crippen LogP contribution in [0.4, 0.5) is 10.1 Å². The second-order valence-corrected chi connectivity index (χ2v) is 5.40. The molecule has 6 nitrogen and oxygen atoms in total. The summed E-state index contributed by atoms with van der Waals surface area (Å²) in [5.74, 6) is -1.08. The SMILES string of the molecule is O=C(O)CCC1CCN(Cc2cc(F)cc([N+](=O)[O-])c2)C1. The predicted octanol–water partition coefficient (Wildman–Crippen LogP) is 2.42. The van der Waals surface area contributed by atoms with Crippen LogP contribution in [0.2, 0.25) is 0 Å². The Hall–Kier alpha value is -2.02. The van der Waals surface area contributed by atoms with E-state index in [1.807, 2.05) is 0 Å². The Bertz CT molecular complexity index is 550. The summed E-state index contributed by atoms with van der Waals surface area (Å²) in [5, 5.41) is 19.4. The van der Waals surface area contributed by atoms with Crippen LogP contribution in [-0.4, -0.2) is 34.0 Å². The number of nitrogens with zero attached hydrogens (tertiary/aromatic N) is 2. The second kappa shape index (κ2) is 6.62. The van der Waals surface area contributed by atoms with E-state index in [1.54, 1.807) is 0 Å². The van der Waals surface area contributed by atoms with Crippen LogP contribution in [0.25, 0.3) is 0 Å². The lowest BCUT2D eigenvalue weighted by atomic mass is 10.0. The Morgan fingerprint density at radius 3 is 2.90 bits per heavy atom. The Kier molecular flexibility index (Phi) is 4.85. The van der Waals surface area contributed by atoms with E-state index in [-0.39, 0.29) is 12.1 Å². The fourth-order valence-electron chi connectivity index (χ4n) is 2.71. The van der Waals surface area contributed by atoms with E-state index >= 15 is 0 Å². The van der Waals surface area contributed by atoms with Gasteiger partial charge in [-0.3, -0.25) is 19.8 Å². The third-order valence-corrected chi connectivity index (χ3v) is 3.70. The van der Waals surface area contributed by atoms with Crippen molar-refractivity contribution in [2.24, 2.45) is 5.92 Å². The molecule has 1 aliphatic heterocycles. The topological polar surface area (TPSA) is 83.7 Å². The van der Waals surface area contributed by atoms with Crippen molar-refractivity contribution in [3.05, 3.63) is 39.7 Å². The number of nitro benzene ring substituents is 1. The normalized spacial score (nSPS) is 18.8. The first-order valence-corrected chi connectivity index (χ1v) is 6.82. The van der Waals surface area contributed by atoms with Crippen molar-refractivity contribution < 1.29 is 19.2 Å². The third-order valence-electron chi connectivity index (χ3n) is 3.70. The van der Waals surface area contributed by atoms with E-state index in [1.165, 1.54) is 12.1 Å². The minimum absolute atomic E-state index is 0.157. The van der Waals surface area contributed by atoms with Crippen LogP contribution in [0, 0.1) is 21.8 Å². The third kappa shape index (κ3) is 4.49. The number of aliphatic carboxylic acids is 1. The molecule has 21 heavy (non-hydrogen) atoms. The number of carbonyl (C=O) groups is 1. The van der Waals surface area contributed by atoms with E-state index in [4.69, 9.17) is 5.11 Å². The molecule has 1 atom stereocenters. The lowest BCUT2D eigenvalue weighted by molar-refractivity contribution is -0.385. The molecule has 0 spiro atoms. The highest BCUT2D eigenvalue weighted by Crippen LogP contribution is 2.24. The molecule has 1 N–H and O–H groups in total. The number of non-ortho nitro benzene ring substituents is 1. The van der Waals surface area contributed by atoms with Crippen LogP contribution in [0.1, 0.15) is 24.8 Å². The highest BCUT2D eigenvalue weighted by Gasteiger charge is 2.23.